The Morgan fingerprint density at radius 1 is 1.06 bits per heavy atom. The quantitative estimate of drug-likeness (QED) is 0.620. The molecule has 0 spiro atoms. The lowest BCUT2D eigenvalue weighted by Gasteiger charge is -2.33. The summed E-state index contributed by atoms with van der Waals surface area (Å²) in [6.07, 6.45) is 0.864. The smallest absolute Gasteiger partial charge is 0.228 e. The number of para-hydroxylation sites is 2. The van der Waals surface area contributed by atoms with Crippen molar-refractivity contribution in [1.29, 1.82) is 0 Å². The molecule has 2 aromatic carbocycles. The van der Waals surface area contributed by atoms with Gasteiger partial charge in [-0.2, -0.15) is 0 Å². The second kappa shape index (κ2) is 9.68. The molecule has 0 N–H and O–H groups in total. The van der Waals surface area contributed by atoms with Gasteiger partial charge < -0.3 is 14.5 Å². The fraction of sp³-hybridized carbons (Fsp3) is 0.400. The Hall–Kier alpha value is -3.29. The van der Waals surface area contributed by atoms with Crippen molar-refractivity contribution in [3.05, 3.63) is 59.7 Å². The van der Waals surface area contributed by atoms with Crippen molar-refractivity contribution < 1.29 is 27.9 Å². The van der Waals surface area contributed by atoms with Gasteiger partial charge in [-0.25, -0.2) is 8.78 Å². The van der Waals surface area contributed by atoms with Crippen molar-refractivity contribution in [2.24, 2.45) is 11.8 Å². The van der Waals surface area contributed by atoms with Crippen LogP contribution in [0.15, 0.2) is 42.5 Å². The van der Waals surface area contributed by atoms with Crippen LogP contribution in [0.3, 0.4) is 0 Å². The van der Waals surface area contributed by atoms with E-state index >= 15 is 0 Å². The molecule has 174 valence electrons. The number of Topliss-reactive ketones (excluding diaryl/α,β-unsaturated/α-hetero) is 1. The number of ether oxygens (including phenoxy) is 1. The van der Waals surface area contributed by atoms with Gasteiger partial charge in [0.25, 0.3) is 0 Å². The molecule has 2 aliphatic rings. The predicted molar refractivity (Wildman–Crippen MR) is 118 cm³/mol. The van der Waals surface area contributed by atoms with E-state index in [-0.39, 0.29) is 30.3 Å². The standard InChI is InChI=1S/C25H26F2N2O4/c1-2-33-22-6-4-3-5-21(22)29-15-17(13-23(29)30)25(32)28-11-9-16(10-12-28)24(31)19-14-18(26)7-8-20(19)27/h3-8,14,16-17H,2,9-13,15H2,1H3. The van der Waals surface area contributed by atoms with Crippen molar-refractivity contribution in [2.45, 2.75) is 26.2 Å². The molecule has 4 rings (SSSR count). The largest absolute Gasteiger partial charge is 0.492 e. The first-order valence-electron chi connectivity index (χ1n) is 11.2. The minimum absolute atomic E-state index is 0.118. The maximum atomic E-state index is 14.0. The van der Waals surface area contributed by atoms with E-state index < -0.39 is 29.3 Å². The number of carbonyl (C=O) groups is 3. The van der Waals surface area contributed by atoms with Crippen molar-refractivity contribution in [1.82, 2.24) is 4.90 Å². The summed E-state index contributed by atoms with van der Waals surface area (Å²) in [7, 11) is 0. The topological polar surface area (TPSA) is 66.9 Å². The predicted octanol–water partition coefficient (Wildman–Crippen LogP) is 3.84. The Kier molecular flexibility index (Phi) is 6.72. The van der Waals surface area contributed by atoms with Crippen LogP contribution >= 0.6 is 0 Å². The maximum absolute atomic E-state index is 14.0. The van der Waals surface area contributed by atoms with Crippen molar-refractivity contribution in [3.63, 3.8) is 0 Å². The summed E-state index contributed by atoms with van der Waals surface area (Å²) in [5, 5.41) is 0. The van der Waals surface area contributed by atoms with Crippen LogP contribution in [0, 0.1) is 23.5 Å². The second-order valence-electron chi connectivity index (χ2n) is 8.39. The van der Waals surface area contributed by atoms with Crippen molar-refractivity contribution >= 4 is 23.3 Å². The van der Waals surface area contributed by atoms with Gasteiger partial charge in [0.2, 0.25) is 11.8 Å². The van der Waals surface area contributed by atoms with Crippen LogP contribution in [0.5, 0.6) is 5.75 Å². The van der Waals surface area contributed by atoms with Crippen LogP contribution in [-0.2, 0) is 9.59 Å². The summed E-state index contributed by atoms with van der Waals surface area (Å²) in [4.78, 5) is 41.7. The number of benzene rings is 2. The highest BCUT2D eigenvalue weighted by molar-refractivity contribution is 6.01. The van der Waals surface area contributed by atoms with Gasteiger partial charge in [0.15, 0.2) is 5.78 Å². The van der Waals surface area contributed by atoms with E-state index in [1.165, 1.54) is 0 Å². The molecule has 2 aliphatic heterocycles. The number of hydrogen-bond donors (Lipinski definition) is 0. The third-order valence-electron chi connectivity index (χ3n) is 6.30. The first-order valence-corrected chi connectivity index (χ1v) is 11.2. The zero-order valence-corrected chi connectivity index (χ0v) is 18.4. The minimum Gasteiger partial charge on any atom is -0.492 e. The number of piperidine rings is 1. The molecule has 1 unspecified atom stereocenters. The van der Waals surface area contributed by atoms with Crippen LogP contribution in [0.1, 0.15) is 36.5 Å². The van der Waals surface area contributed by atoms with Gasteiger partial charge in [-0.3, -0.25) is 14.4 Å². The maximum Gasteiger partial charge on any atom is 0.228 e. The van der Waals surface area contributed by atoms with Gasteiger partial charge in [0.05, 0.1) is 23.8 Å². The molecule has 2 fully saturated rings. The normalized spacial score (nSPS) is 19.1. The van der Waals surface area contributed by atoms with Gasteiger partial charge in [-0.15, -0.1) is 0 Å². The average molecular weight is 456 g/mol. The number of likely N-dealkylation sites (tertiary alicyclic amines) is 1. The zero-order valence-electron chi connectivity index (χ0n) is 18.4. The summed E-state index contributed by atoms with van der Waals surface area (Å²) in [6, 6.07) is 10.1. The molecule has 2 saturated heterocycles. The molecule has 6 nitrogen and oxygen atoms in total. The molecule has 1 atom stereocenters. The van der Waals surface area contributed by atoms with Crippen molar-refractivity contribution in [3.8, 4) is 5.75 Å². The van der Waals surface area contributed by atoms with E-state index in [9.17, 15) is 23.2 Å². The van der Waals surface area contributed by atoms with E-state index in [0.717, 1.165) is 18.2 Å². The van der Waals surface area contributed by atoms with Gasteiger partial charge in [-0.05, 0) is 50.1 Å². The van der Waals surface area contributed by atoms with E-state index in [0.29, 0.717) is 44.0 Å². The molecule has 2 aromatic rings. The van der Waals surface area contributed by atoms with Gasteiger partial charge in [0, 0.05) is 32.0 Å². The third-order valence-corrected chi connectivity index (χ3v) is 6.30. The Morgan fingerprint density at radius 2 is 1.79 bits per heavy atom. The number of hydrogen-bond acceptors (Lipinski definition) is 4. The lowest BCUT2D eigenvalue weighted by atomic mass is 9.88. The van der Waals surface area contributed by atoms with Gasteiger partial charge in [-0.1, -0.05) is 12.1 Å². The van der Waals surface area contributed by atoms with Crippen molar-refractivity contribution in [2.75, 3.05) is 31.1 Å². The number of halogens is 2. The minimum atomic E-state index is -0.739. The average Bonchev–Trinajstić information content (AvgIpc) is 3.21. The Bertz CT molecular complexity index is 1070. The number of nitrogens with zero attached hydrogens (tertiary/aromatic N) is 2. The highest BCUT2D eigenvalue weighted by atomic mass is 19.1. The molecule has 0 radical (unpaired) electrons. The second-order valence-corrected chi connectivity index (χ2v) is 8.39. The Balaban J connectivity index is 1.38. The molecule has 33 heavy (non-hydrogen) atoms. The molecular formula is C25H26F2N2O4. The first-order chi connectivity index (χ1) is 15.9. The molecule has 0 aliphatic carbocycles. The fourth-order valence-electron chi connectivity index (χ4n) is 4.59. The molecule has 0 aromatic heterocycles. The summed E-state index contributed by atoms with van der Waals surface area (Å²) in [5.41, 5.74) is 0.408. The van der Waals surface area contributed by atoms with E-state index in [1.54, 1.807) is 21.9 Å². The Morgan fingerprint density at radius 3 is 2.52 bits per heavy atom. The van der Waals surface area contributed by atoms with Gasteiger partial charge >= 0.3 is 0 Å². The van der Waals surface area contributed by atoms with E-state index in [1.807, 2.05) is 19.1 Å². The molecular weight excluding hydrogens is 430 g/mol. The fourth-order valence-corrected chi connectivity index (χ4v) is 4.59. The number of ketones is 1. The number of amides is 2. The molecule has 0 bridgehead atoms. The third kappa shape index (κ3) is 4.74. The highest BCUT2D eigenvalue weighted by Crippen LogP contribution is 2.34. The lowest BCUT2D eigenvalue weighted by Crippen LogP contribution is -2.43. The number of anilines is 1. The number of carbonyl (C=O) groups excluding carboxylic acids is 3. The van der Waals surface area contributed by atoms with Gasteiger partial charge in [0.1, 0.15) is 17.4 Å². The van der Waals surface area contributed by atoms with E-state index in [4.69, 9.17) is 4.74 Å². The molecule has 8 heteroatoms. The summed E-state index contributed by atoms with van der Waals surface area (Å²) in [5.74, 6) is -2.43. The molecule has 2 amide bonds. The summed E-state index contributed by atoms with van der Waals surface area (Å²) >= 11 is 0. The van der Waals surface area contributed by atoms with Crippen LogP contribution in [0.2, 0.25) is 0 Å². The monoisotopic (exact) mass is 456 g/mol. The Labute approximate surface area is 191 Å². The van der Waals surface area contributed by atoms with Crippen LogP contribution in [-0.4, -0.2) is 48.7 Å². The summed E-state index contributed by atoms with van der Waals surface area (Å²) in [6.45, 7) is 3.29. The van der Waals surface area contributed by atoms with Crippen LogP contribution in [0.4, 0.5) is 14.5 Å². The number of rotatable bonds is 6. The van der Waals surface area contributed by atoms with Crippen LogP contribution < -0.4 is 9.64 Å². The van der Waals surface area contributed by atoms with Crippen LogP contribution in [0.25, 0.3) is 0 Å². The lowest BCUT2D eigenvalue weighted by molar-refractivity contribution is -0.137. The van der Waals surface area contributed by atoms with E-state index in [2.05, 4.69) is 0 Å². The first kappa shape index (κ1) is 22.9. The zero-order chi connectivity index (χ0) is 23.5. The molecule has 0 saturated carbocycles. The SMILES string of the molecule is CCOc1ccccc1N1CC(C(=O)N2CCC(C(=O)c3cc(F)ccc3F)CC2)CC1=O. The summed E-state index contributed by atoms with van der Waals surface area (Å²) < 4.78 is 33.1. The highest BCUT2D eigenvalue weighted by Gasteiger charge is 2.39. The molecule has 2 heterocycles.